The van der Waals surface area contributed by atoms with Gasteiger partial charge in [0.1, 0.15) is 11.5 Å². The number of ether oxygens (including phenoxy) is 3. The SMILES string of the molecule is COc1ccc(NS(=O)(=O)c2ccc(NC(=O)c3cc4cccc(OC)c4o3)cc2)c(OC)c1. The normalized spacial score (nSPS) is 11.1. The molecule has 0 aliphatic heterocycles. The van der Waals surface area contributed by atoms with Gasteiger partial charge in [-0.2, -0.15) is 0 Å². The van der Waals surface area contributed by atoms with Gasteiger partial charge in [0.25, 0.3) is 15.9 Å². The molecular formula is C24H22N2O7S. The highest BCUT2D eigenvalue weighted by atomic mass is 32.2. The highest BCUT2D eigenvalue weighted by Gasteiger charge is 2.18. The summed E-state index contributed by atoms with van der Waals surface area (Å²) in [6.45, 7) is 0. The number of methoxy groups -OCH3 is 3. The summed E-state index contributed by atoms with van der Waals surface area (Å²) in [5.41, 5.74) is 1.14. The summed E-state index contributed by atoms with van der Waals surface area (Å²) in [7, 11) is 0.553. The van der Waals surface area contributed by atoms with Gasteiger partial charge in [0, 0.05) is 17.1 Å². The fraction of sp³-hybridized carbons (Fsp3) is 0.125. The van der Waals surface area contributed by atoms with Crippen LogP contribution in [-0.2, 0) is 10.0 Å². The number of sulfonamides is 1. The van der Waals surface area contributed by atoms with Gasteiger partial charge in [0.2, 0.25) is 0 Å². The first kappa shape index (κ1) is 23.0. The quantitative estimate of drug-likeness (QED) is 0.379. The van der Waals surface area contributed by atoms with Crippen LogP contribution in [0.4, 0.5) is 11.4 Å². The maximum absolute atomic E-state index is 12.8. The number of furan rings is 1. The number of fused-ring (bicyclic) bond motifs is 1. The molecule has 0 atom stereocenters. The highest BCUT2D eigenvalue weighted by Crippen LogP contribution is 2.31. The summed E-state index contributed by atoms with van der Waals surface area (Å²) >= 11 is 0. The van der Waals surface area contributed by atoms with Crippen LogP contribution in [0.2, 0.25) is 0 Å². The van der Waals surface area contributed by atoms with Crippen LogP contribution in [0.15, 0.2) is 76.0 Å². The molecule has 0 unspecified atom stereocenters. The summed E-state index contributed by atoms with van der Waals surface area (Å²) < 4.78 is 49.4. The number of benzene rings is 3. The standard InChI is InChI=1S/C24H22N2O7S/c1-30-17-9-12-19(21(14-17)32-3)26-34(28,29)18-10-7-16(8-11-18)25-24(27)22-13-15-5-4-6-20(31-2)23(15)33-22/h4-14,26H,1-3H3,(H,25,27). The molecular weight excluding hydrogens is 460 g/mol. The molecule has 1 amide bonds. The van der Waals surface area contributed by atoms with Crippen LogP contribution in [0.3, 0.4) is 0 Å². The van der Waals surface area contributed by atoms with E-state index in [-0.39, 0.29) is 16.3 Å². The first-order chi connectivity index (χ1) is 16.3. The van der Waals surface area contributed by atoms with E-state index in [1.807, 2.05) is 6.07 Å². The van der Waals surface area contributed by atoms with Crippen LogP contribution < -0.4 is 24.2 Å². The zero-order chi connectivity index (χ0) is 24.3. The molecule has 4 rings (SSSR count). The van der Waals surface area contributed by atoms with Crippen LogP contribution in [0.5, 0.6) is 17.2 Å². The Morgan fingerprint density at radius 1 is 0.853 bits per heavy atom. The number of amides is 1. The van der Waals surface area contributed by atoms with E-state index in [2.05, 4.69) is 10.0 Å². The van der Waals surface area contributed by atoms with Crippen molar-refractivity contribution in [3.8, 4) is 17.2 Å². The highest BCUT2D eigenvalue weighted by molar-refractivity contribution is 7.92. The molecule has 0 radical (unpaired) electrons. The Bertz CT molecular complexity index is 1440. The first-order valence-electron chi connectivity index (χ1n) is 10.1. The summed E-state index contributed by atoms with van der Waals surface area (Å²) in [6, 6.07) is 17.4. The van der Waals surface area contributed by atoms with Gasteiger partial charge >= 0.3 is 0 Å². The number of carbonyl (C=O) groups is 1. The van der Waals surface area contributed by atoms with Crippen molar-refractivity contribution in [2.45, 2.75) is 4.90 Å². The van der Waals surface area contributed by atoms with Crippen molar-refractivity contribution in [1.29, 1.82) is 0 Å². The molecule has 0 fully saturated rings. The van der Waals surface area contributed by atoms with Crippen molar-refractivity contribution in [1.82, 2.24) is 0 Å². The number of hydrogen-bond donors (Lipinski definition) is 2. The van der Waals surface area contributed by atoms with Crippen LogP contribution in [0, 0.1) is 0 Å². The Hall–Kier alpha value is -4.18. The summed E-state index contributed by atoms with van der Waals surface area (Å²) in [5.74, 6) is 0.989. The monoisotopic (exact) mass is 482 g/mol. The van der Waals surface area contributed by atoms with E-state index in [0.717, 1.165) is 5.39 Å². The van der Waals surface area contributed by atoms with Gasteiger partial charge < -0.3 is 23.9 Å². The van der Waals surface area contributed by atoms with Gasteiger partial charge in [-0.1, -0.05) is 12.1 Å². The molecule has 1 heterocycles. The maximum Gasteiger partial charge on any atom is 0.291 e. The second kappa shape index (κ2) is 9.36. The lowest BCUT2D eigenvalue weighted by Gasteiger charge is -2.13. The van der Waals surface area contributed by atoms with Crippen molar-refractivity contribution in [3.05, 3.63) is 72.5 Å². The topological polar surface area (TPSA) is 116 Å². The van der Waals surface area contributed by atoms with Gasteiger partial charge in [-0.05, 0) is 48.5 Å². The predicted octanol–water partition coefficient (Wildman–Crippen LogP) is 4.51. The maximum atomic E-state index is 12.8. The van der Waals surface area contributed by atoms with E-state index in [0.29, 0.717) is 28.5 Å². The lowest BCUT2D eigenvalue weighted by molar-refractivity contribution is 0.0998. The zero-order valence-electron chi connectivity index (χ0n) is 18.6. The lowest BCUT2D eigenvalue weighted by Crippen LogP contribution is -2.14. The van der Waals surface area contributed by atoms with E-state index in [4.69, 9.17) is 18.6 Å². The van der Waals surface area contributed by atoms with Crippen molar-refractivity contribution in [3.63, 3.8) is 0 Å². The molecule has 34 heavy (non-hydrogen) atoms. The third-order valence-electron chi connectivity index (χ3n) is 5.03. The molecule has 3 aromatic carbocycles. The van der Waals surface area contributed by atoms with E-state index < -0.39 is 15.9 Å². The first-order valence-corrected chi connectivity index (χ1v) is 11.6. The zero-order valence-corrected chi connectivity index (χ0v) is 19.4. The Morgan fingerprint density at radius 3 is 2.26 bits per heavy atom. The molecule has 2 N–H and O–H groups in total. The third kappa shape index (κ3) is 4.62. The van der Waals surface area contributed by atoms with E-state index in [1.165, 1.54) is 45.6 Å². The molecule has 0 saturated heterocycles. The van der Waals surface area contributed by atoms with Gasteiger partial charge in [-0.3, -0.25) is 9.52 Å². The molecule has 176 valence electrons. The number of carbonyl (C=O) groups excluding carboxylic acids is 1. The summed E-state index contributed by atoms with van der Waals surface area (Å²) in [6.07, 6.45) is 0. The van der Waals surface area contributed by atoms with Crippen molar-refractivity contribution in [2.75, 3.05) is 31.4 Å². The summed E-state index contributed by atoms with van der Waals surface area (Å²) in [5, 5.41) is 3.42. The molecule has 0 saturated carbocycles. The minimum Gasteiger partial charge on any atom is -0.497 e. The van der Waals surface area contributed by atoms with Crippen molar-refractivity contribution in [2.24, 2.45) is 0 Å². The predicted molar refractivity (Wildman–Crippen MR) is 128 cm³/mol. The largest absolute Gasteiger partial charge is 0.497 e. The smallest absolute Gasteiger partial charge is 0.291 e. The Morgan fingerprint density at radius 2 is 1.59 bits per heavy atom. The number of rotatable bonds is 8. The van der Waals surface area contributed by atoms with Crippen molar-refractivity contribution >= 4 is 38.3 Å². The van der Waals surface area contributed by atoms with Gasteiger partial charge in [-0.25, -0.2) is 8.42 Å². The minimum absolute atomic E-state index is 0.0110. The molecule has 0 aliphatic rings. The fourth-order valence-corrected chi connectivity index (χ4v) is 4.38. The van der Waals surface area contributed by atoms with Crippen LogP contribution in [-0.4, -0.2) is 35.7 Å². The number of para-hydroxylation sites is 1. The Kier molecular flexibility index (Phi) is 6.33. The molecule has 4 aromatic rings. The number of nitrogens with one attached hydrogen (secondary N) is 2. The molecule has 10 heteroatoms. The minimum atomic E-state index is -3.90. The second-order valence-corrected chi connectivity index (χ2v) is 8.82. The van der Waals surface area contributed by atoms with Gasteiger partial charge in [0.05, 0.1) is 31.9 Å². The van der Waals surface area contributed by atoms with E-state index in [9.17, 15) is 13.2 Å². The van der Waals surface area contributed by atoms with Crippen molar-refractivity contribution < 1.29 is 31.8 Å². The van der Waals surface area contributed by atoms with Gasteiger partial charge in [-0.15, -0.1) is 0 Å². The third-order valence-corrected chi connectivity index (χ3v) is 6.41. The molecule has 0 spiro atoms. The van der Waals surface area contributed by atoms with Crippen LogP contribution in [0.25, 0.3) is 11.0 Å². The number of hydrogen-bond acceptors (Lipinski definition) is 7. The second-order valence-electron chi connectivity index (χ2n) is 7.14. The fourth-order valence-electron chi connectivity index (χ4n) is 3.31. The van der Waals surface area contributed by atoms with E-state index >= 15 is 0 Å². The summed E-state index contributed by atoms with van der Waals surface area (Å²) in [4.78, 5) is 12.6. The van der Waals surface area contributed by atoms with Crippen LogP contribution in [0.1, 0.15) is 10.6 Å². The van der Waals surface area contributed by atoms with Gasteiger partial charge in [0.15, 0.2) is 17.1 Å². The molecule has 0 aliphatic carbocycles. The van der Waals surface area contributed by atoms with E-state index in [1.54, 1.807) is 36.4 Å². The molecule has 9 nitrogen and oxygen atoms in total. The average molecular weight is 483 g/mol. The number of anilines is 2. The molecule has 0 bridgehead atoms. The average Bonchev–Trinajstić information content (AvgIpc) is 3.29. The lowest BCUT2D eigenvalue weighted by atomic mass is 10.2. The Balaban J connectivity index is 1.50. The Labute approximate surface area is 196 Å². The van der Waals surface area contributed by atoms with Crippen LogP contribution >= 0.6 is 0 Å². The molecule has 1 aromatic heterocycles.